The molecular weight excluding hydrogens is 208 g/mol. The van der Waals surface area contributed by atoms with Gasteiger partial charge in [0.1, 0.15) is 0 Å². The van der Waals surface area contributed by atoms with Gasteiger partial charge < -0.3 is 15.2 Å². The maximum Gasteiger partial charge on any atom is 0.384 e. The van der Waals surface area contributed by atoms with E-state index >= 15 is 0 Å². The number of hydrogen-bond acceptors (Lipinski definition) is 5. The van der Waals surface area contributed by atoms with E-state index in [0.717, 1.165) is 0 Å². The van der Waals surface area contributed by atoms with Crippen molar-refractivity contribution >= 4 is 11.7 Å². The molecule has 0 aliphatic carbocycles. The summed E-state index contributed by atoms with van der Waals surface area (Å²) in [6.45, 7) is 2.00. The van der Waals surface area contributed by atoms with Crippen molar-refractivity contribution in [3.63, 3.8) is 0 Å². The molecule has 2 N–H and O–H groups in total. The maximum absolute atomic E-state index is 11.0. The number of rotatable bonds is 2. The monoisotopic (exact) mass is 220 g/mol. The Morgan fingerprint density at radius 1 is 1.62 bits per heavy atom. The second-order valence-electron chi connectivity index (χ2n) is 2.80. The molecule has 0 aliphatic heterocycles. The number of nitrogens with zero attached hydrogens (tertiary/aromatic N) is 1. The van der Waals surface area contributed by atoms with Crippen molar-refractivity contribution in [1.82, 2.24) is 4.98 Å². The average molecular weight is 220 g/mol. The van der Waals surface area contributed by atoms with E-state index in [1.165, 1.54) is 13.3 Å². The predicted molar refractivity (Wildman–Crippen MR) is 58.7 cm³/mol. The van der Waals surface area contributed by atoms with E-state index in [0.29, 0.717) is 23.7 Å². The van der Waals surface area contributed by atoms with E-state index in [2.05, 4.69) is 21.6 Å². The predicted octanol–water partition coefficient (Wildman–Crippen LogP) is 0.587. The van der Waals surface area contributed by atoms with Crippen molar-refractivity contribution in [2.45, 2.75) is 6.92 Å². The smallest absolute Gasteiger partial charge is 0.384 e. The van der Waals surface area contributed by atoms with E-state index in [1.54, 1.807) is 13.0 Å². The molecule has 0 radical (unpaired) electrons. The van der Waals surface area contributed by atoms with Crippen LogP contribution in [0.15, 0.2) is 12.3 Å². The first kappa shape index (κ1) is 11.9. The highest BCUT2D eigenvalue weighted by atomic mass is 16.5. The van der Waals surface area contributed by atoms with Crippen molar-refractivity contribution in [2.75, 3.05) is 19.5 Å². The Morgan fingerprint density at radius 2 is 2.38 bits per heavy atom. The van der Waals surface area contributed by atoms with Crippen LogP contribution >= 0.6 is 0 Å². The van der Waals surface area contributed by atoms with Gasteiger partial charge in [0.25, 0.3) is 0 Å². The van der Waals surface area contributed by atoms with Gasteiger partial charge in [-0.1, -0.05) is 0 Å². The zero-order valence-corrected chi connectivity index (χ0v) is 9.11. The maximum atomic E-state index is 11.0. The molecule has 0 saturated carbocycles. The zero-order valence-electron chi connectivity index (χ0n) is 9.11. The third-order valence-electron chi connectivity index (χ3n) is 1.64. The van der Waals surface area contributed by atoms with Crippen molar-refractivity contribution in [3.8, 4) is 17.7 Å². The first-order chi connectivity index (χ1) is 7.67. The van der Waals surface area contributed by atoms with Gasteiger partial charge in [0.15, 0.2) is 0 Å². The molecule has 1 aromatic rings. The lowest BCUT2D eigenvalue weighted by molar-refractivity contribution is -0.136. The zero-order chi connectivity index (χ0) is 12.0. The summed E-state index contributed by atoms with van der Waals surface area (Å²) in [5, 5.41) is 0. The topological polar surface area (TPSA) is 74.4 Å². The lowest BCUT2D eigenvalue weighted by atomic mass is 10.2. The first-order valence-corrected chi connectivity index (χ1v) is 4.65. The molecule has 0 atom stereocenters. The van der Waals surface area contributed by atoms with Gasteiger partial charge in [0, 0.05) is 5.92 Å². The Hall–Kier alpha value is -2.22. The fraction of sp³-hybridized carbons (Fsp3) is 0.273. The second-order valence-corrected chi connectivity index (χ2v) is 2.80. The average Bonchev–Trinajstić information content (AvgIpc) is 2.27. The fourth-order valence-corrected chi connectivity index (χ4v) is 1.01. The molecule has 1 heterocycles. The summed E-state index contributed by atoms with van der Waals surface area (Å²) in [4.78, 5) is 14.9. The number of anilines is 1. The molecule has 0 bridgehead atoms. The summed E-state index contributed by atoms with van der Waals surface area (Å²) in [5.74, 6) is 4.65. The van der Waals surface area contributed by atoms with Crippen LogP contribution in [0.4, 0.5) is 5.69 Å². The highest BCUT2D eigenvalue weighted by molar-refractivity contribution is 5.89. The first-order valence-electron chi connectivity index (χ1n) is 4.65. The highest BCUT2D eigenvalue weighted by Gasteiger charge is 2.02. The van der Waals surface area contributed by atoms with Gasteiger partial charge in [-0.3, -0.25) is 0 Å². The summed E-state index contributed by atoms with van der Waals surface area (Å²) in [6, 6.07) is 1.58. The molecule has 0 unspecified atom stereocenters. The van der Waals surface area contributed by atoms with E-state index in [1.807, 2.05) is 0 Å². The molecule has 0 spiro atoms. The number of aromatic nitrogens is 1. The molecule has 5 nitrogen and oxygen atoms in total. The quantitative estimate of drug-likeness (QED) is 0.583. The number of nitrogens with two attached hydrogens (primary N) is 1. The minimum Gasteiger partial charge on any atom is -0.480 e. The van der Waals surface area contributed by atoms with Gasteiger partial charge in [0.2, 0.25) is 5.88 Å². The lowest BCUT2D eigenvalue weighted by Crippen LogP contribution is -2.00. The molecule has 0 amide bonds. The third-order valence-corrected chi connectivity index (χ3v) is 1.64. The SMILES string of the molecule is CCOC(=O)C#Cc1cc(N)cnc1OC. The summed E-state index contributed by atoms with van der Waals surface area (Å²) in [6.07, 6.45) is 1.45. The number of carbonyl (C=O) groups is 1. The molecule has 0 saturated heterocycles. The van der Waals surface area contributed by atoms with Crippen LogP contribution in [0.5, 0.6) is 5.88 Å². The fourth-order valence-electron chi connectivity index (χ4n) is 1.01. The van der Waals surface area contributed by atoms with E-state index in [4.69, 9.17) is 10.5 Å². The number of carbonyl (C=O) groups excluding carboxylic acids is 1. The third kappa shape index (κ3) is 3.17. The van der Waals surface area contributed by atoms with E-state index in [-0.39, 0.29) is 0 Å². The Balaban J connectivity index is 2.94. The Labute approximate surface area is 93.6 Å². The summed E-state index contributed by atoms with van der Waals surface area (Å²) in [5.41, 5.74) is 6.45. The number of ether oxygens (including phenoxy) is 2. The normalized spacial score (nSPS) is 8.88. The minimum absolute atomic E-state index is 0.291. The van der Waals surface area contributed by atoms with Crippen LogP contribution in [0.1, 0.15) is 12.5 Å². The van der Waals surface area contributed by atoms with Crippen LogP contribution in [-0.4, -0.2) is 24.7 Å². The Bertz CT molecular complexity index is 446. The Kier molecular flexibility index (Phi) is 4.16. The van der Waals surface area contributed by atoms with Gasteiger partial charge in [-0.2, -0.15) is 0 Å². The van der Waals surface area contributed by atoms with Crippen molar-refractivity contribution in [1.29, 1.82) is 0 Å². The van der Waals surface area contributed by atoms with Crippen LogP contribution in [-0.2, 0) is 9.53 Å². The number of esters is 1. The molecule has 0 aliphatic rings. The molecule has 16 heavy (non-hydrogen) atoms. The molecule has 1 rings (SSSR count). The number of hydrogen-bond donors (Lipinski definition) is 1. The van der Waals surface area contributed by atoms with Crippen molar-refractivity contribution in [2.24, 2.45) is 0 Å². The van der Waals surface area contributed by atoms with E-state index < -0.39 is 5.97 Å². The van der Waals surface area contributed by atoms with Crippen LogP contribution in [0, 0.1) is 11.8 Å². The van der Waals surface area contributed by atoms with Crippen LogP contribution in [0.25, 0.3) is 0 Å². The molecular formula is C11H12N2O3. The summed E-state index contributed by atoms with van der Waals surface area (Å²) in [7, 11) is 1.47. The Morgan fingerprint density at radius 3 is 3.00 bits per heavy atom. The lowest BCUT2D eigenvalue weighted by Gasteiger charge is -2.01. The standard InChI is InChI=1S/C11H12N2O3/c1-3-16-10(14)5-4-8-6-9(12)7-13-11(8)15-2/h6-7H,3,12H2,1-2H3. The molecule has 1 aromatic heterocycles. The van der Waals surface area contributed by atoms with Crippen LogP contribution < -0.4 is 10.5 Å². The number of methoxy groups -OCH3 is 1. The van der Waals surface area contributed by atoms with Gasteiger partial charge in [-0.15, -0.1) is 0 Å². The minimum atomic E-state index is -0.591. The molecule has 5 heteroatoms. The molecule has 84 valence electrons. The number of pyridine rings is 1. The van der Waals surface area contributed by atoms with Gasteiger partial charge >= 0.3 is 5.97 Å². The molecule has 0 aromatic carbocycles. The van der Waals surface area contributed by atoms with Crippen molar-refractivity contribution in [3.05, 3.63) is 17.8 Å². The molecule has 0 fully saturated rings. The largest absolute Gasteiger partial charge is 0.480 e. The summed E-state index contributed by atoms with van der Waals surface area (Å²) >= 11 is 0. The van der Waals surface area contributed by atoms with Gasteiger partial charge in [-0.05, 0) is 18.9 Å². The van der Waals surface area contributed by atoms with Gasteiger partial charge in [0.05, 0.1) is 31.2 Å². The van der Waals surface area contributed by atoms with Crippen LogP contribution in [0.2, 0.25) is 0 Å². The van der Waals surface area contributed by atoms with Gasteiger partial charge in [-0.25, -0.2) is 9.78 Å². The highest BCUT2D eigenvalue weighted by Crippen LogP contribution is 2.15. The summed E-state index contributed by atoms with van der Waals surface area (Å²) < 4.78 is 9.63. The van der Waals surface area contributed by atoms with Crippen molar-refractivity contribution < 1.29 is 14.3 Å². The van der Waals surface area contributed by atoms with Crippen LogP contribution in [0.3, 0.4) is 0 Å². The van der Waals surface area contributed by atoms with E-state index in [9.17, 15) is 4.79 Å². The number of nitrogen functional groups attached to an aromatic ring is 1. The second kappa shape index (κ2) is 5.61.